The number of primary amides is 1. The molecule has 3 aromatic rings. The number of carboxylic acid groups (broad SMARTS) is 1. The maximum absolute atomic E-state index is 13.1. The number of halogens is 3. The number of thioether (sulfide) groups is 1. The Bertz CT molecular complexity index is 1360. The molecule has 0 saturated carbocycles. The molecule has 1 fully saturated rings. The van der Waals surface area contributed by atoms with Crippen LogP contribution in [-0.4, -0.2) is 64.2 Å². The number of aryl methyl sites for hydroxylation is 1. The van der Waals surface area contributed by atoms with E-state index in [1.165, 1.54) is 30.4 Å². The maximum atomic E-state index is 13.1. The molecular formula is C27H29F3N4O4S2. The molecule has 1 atom stereocenters. The standard InChI is InChI=1S/C27H29F3N4O4S2/c1-16-13-20(7-8-22(16)38-17(2)25(35)36)39-15-23-21(14-33-9-11-34(12-10-33)26(31)37)32-24(40-23)18-3-5-19(6-4-18)27(28,29)30/h3-8,13,17H,9-12,14-15H2,1-2H3,(H2,31,37)(H,35,36). The van der Waals surface area contributed by atoms with Gasteiger partial charge >= 0.3 is 18.2 Å². The molecule has 2 amide bonds. The predicted octanol–water partition coefficient (Wildman–Crippen LogP) is 5.48. The maximum Gasteiger partial charge on any atom is 0.416 e. The van der Waals surface area contributed by atoms with E-state index in [1.54, 1.807) is 22.7 Å². The fraction of sp³-hybridized carbons (Fsp3) is 0.370. The number of amides is 2. The highest BCUT2D eigenvalue weighted by molar-refractivity contribution is 7.98. The number of carbonyl (C=O) groups excluding carboxylic acids is 1. The Morgan fingerprint density at radius 3 is 2.40 bits per heavy atom. The third-order valence-electron chi connectivity index (χ3n) is 6.46. The van der Waals surface area contributed by atoms with Gasteiger partial charge in [0.1, 0.15) is 10.8 Å². The van der Waals surface area contributed by atoms with Gasteiger partial charge < -0.3 is 20.5 Å². The summed E-state index contributed by atoms with van der Waals surface area (Å²) in [5.41, 5.74) is 6.94. The lowest BCUT2D eigenvalue weighted by Crippen LogP contribution is -2.50. The molecule has 0 spiro atoms. The monoisotopic (exact) mass is 594 g/mol. The number of benzene rings is 2. The van der Waals surface area contributed by atoms with Gasteiger partial charge in [0.2, 0.25) is 0 Å². The van der Waals surface area contributed by atoms with Crippen molar-refractivity contribution in [2.24, 2.45) is 5.73 Å². The van der Waals surface area contributed by atoms with E-state index in [9.17, 15) is 22.8 Å². The fourth-order valence-electron chi connectivity index (χ4n) is 4.12. The molecule has 4 rings (SSSR count). The second-order valence-electron chi connectivity index (χ2n) is 9.38. The van der Waals surface area contributed by atoms with Gasteiger partial charge in [0.25, 0.3) is 0 Å². The Hall–Kier alpha value is -3.29. The Labute approximate surface area is 237 Å². The molecule has 13 heteroatoms. The summed E-state index contributed by atoms with van der Waals surface area (Å²) in [4.78, 5) is 33.1. The van der Waals surface area contributed by atoms with Gasteiger partial charge in [0.05, 0.1) is 11.3 Å². The van der Waals surface area contributed by atoms with Gasteiger partial charge in [0.15, 0.2) is 6.10 Å². The third-order valence-corrected chi connectivity index (χ3v) is 8.81. The molecule has 0 bridgehead atoms. The number of nitrogens with two attached hydrogens (primary N) is 1. The van der Waals surface area contributed by atoms with Crippen LogP contribution in [0.15, 0.2) is 47.4 Å². The molecule has 0 aliphatic carbocycles. The highest BCUT2D eigenvalue weighted by Gasteiger charge is 2.30. The van der Waals surface area contributed by atoms with Gasteiger partial charge in [0, 0.05) is 53.8 Å². The number of thiazole rings is 1. The fourth-order valence-corrected chi connectivity index (χ4v) is 6.29. The normalized spacial score (nSPS) is 15.2. The predicted molar refractivity (Wildman–Crippen MR) is 147 cm³/mol. The Morgan fingerprint density at radius 2 is 1.82 bits per heavy atom. The Kier molecular flexibility index (Phi) is 9.26. The summed E-state index contributed by atoms with van der Waals surface area (Å²) in [7, 11) is 0. The molecular weight excluding hydrogens is 565 g/mol. The van der Waals surface area contributed by atoms with Crippen molar-refractivity contribution in [2.75, 3.05) is 26.2 Å². The van der Waals surface area contributed by atoms with Gasteiger partial charge in [-0.25, -0.2) is 14.6 Å². The molecule has 0 radical (unpaired) electrons. The summed E-state index contributed by atoms with van der Waals surface area (Å²) in [5.74, 6) is 0.0351. The number of aromatic nitrogens is 1. The minimum absolute atomic E-state index is 0.445. The molecule has 8 nitrogen and oxygen atoms in total. The number of carbonyl (C=O) groups is 2. The number of hydrogen-bond donors (Lipinski definition) is 2. The lowest BCUT2D eigenvalue weighted by Gasteiger charge is -2.33. The zero-order chi connectivity index (χ0) is 29.0. The minimum Gasteiger partial charge on any atom is -0.479 e. The van der Waals surface area contributed by atoms with E-state index in [2.05, 4.69) is 4.90 Å². The third kappa shape index (κ3) is 7.46. The van der Waals surface area contributed by atoms with Crippen LogP contribution < -0.4 is 10.5 Å². The first kappa shape index (κ1) is 29.7. The molecule has 2 aromatic carbocycles. The number of carboxylic acids is 1. The summed E-state index contributed by atoms with van der Waals surface area (Å²) >= 11 is 3.02. The Morgan fingerprint density at radius 1 is 1.15 bits per heavy atom. The zero-order valence-electron chi connectivity index (χ0n) is 21.9. The molecule has 1 aliphatic rings. The lowest BCUT2D eigenvalue weighted by molar-refractivity contribution is -0.144. The smallest absolute Gasteiger partial charge is 0.416 e. The van der Waals surface area contributed by atoms with Crippen molar-refractivity contribution in [3.8, 4) is 16.3 Å². The summed E-state index contributed by atoms with van der Waals surface area (Å²) in [5, 5.41) is 9.74. The average molecular weight is 595 g/mol. The first-order chi connectivity index (χ1) is 18.9. The number of nitrogens with zero attached hydrogens (tertiary/aromatic N) is 3. The van der Waals surface area contributed by atoms with Crippen LogP contribution in [0.25, 0.3) is 10.6 Å². The second kappa shape index (κ2) is 12.5. The van der Waals surface area contributed by atoms with Crippen LogP contribution >= 0.6 is 23.1 Å². The zero-order valence-corrected chi connectivity index (χ0v) is 23.5. The van der Waals surface area contributed by atoms with E-state index >= 15 is 0 Å². The van der Waals surface area contributed by atoms with Crippen molar-refractivity contribution < 1.29 is 32.6 Å². The molecule has 1 aliphatic heterocycles. The molecule has 3 N–H and O–H groups in total. The van der Waals surface area contributed by atoms with E-state index in [1.807, 2.05) is 19.1 Å². The van der Waals surface area contributed by atoms with Gasteiger partial charge in [-0.15, -0.1) is 23.1 Å². The number of urea groups is 1. The van der Waals surface area contributed by atoms with Crippen LogP contribution in [0.5, 0.6) is 5.75 Å². The average Bonchev–Trinajstić information content (AvgIpc) is 3.31. The van der Waals surface area contributed by atoms with Gasteiger partial charge in [-0.2, -0.15) is 13.2 Å². The number of piperazine rings is 1. The van der Waals surface area contributed by atoms with E-state index in [0.29, 0.717) is 54.8 Å². The first-order valence-corrected chi connectivity index (χ1v) is 14.3. The highest BCUT2D eigenvalue weighted by atomic mass is 32.2. The minimum atomic E-state index is -4.41. The summed E-state index contributed by atoms with van der Waals surface area (Å²) in [6.45, 7) is 6.17. The van der Waals surface area contributed by atoms with Crippen molar-refractivity contribution in [1.29, 1.82) is 0 Å². The number of rotatable bonds is 9. The van der Waals surface area contributed by atoms with Gasteiger partial charge in [-0.3, -0.25) is 4.90 Å². The van der Waals surface area contributed by atoms with Crippen LogP contribution in [0.1, 0.15) is 28.6 Å². The molecule has 1 unspecified atom stereocenters. The quantitative estimate of drug-likeness (QED) is 0.316. The van der Waals surface area contributed by atoms with Gasteiger partial charge in [-0.05, 0) is 49.7 Å². The number of ether oxygens (including phenoxy) is 1. The topological polar surface area (TPSA) is 109 Å². The van der Waals surface area contributed by atoms with E-state index in [-0.39, 0.29) is 0 Å². The summed E-state index contributed by atoms with van der Waals surface area (Å²) in [6.07, 6.45) is -5.38. The van der Waals surface area contributed by atoms with Gasteiger partial charge in [-0.1, -0.05) is 12.1 Å². The number of hydrogen-bond acceptors (Lipinski definition) is 7. The second-order valence-corrected chi connectivity index (χ2v) is 11.5. The van der Waals surface area contributed by atoms with Crippen molar-refractivity contribution in [3.05, 3.63) is 64.2 Å². The first-order valence-electron chi connectivity index (χ1n) is 12.5. The van der Waals surface area contributed by atoms with Crippen molar-refractivity contribution in [2.45, 2.75) is 43.3 Å². The van der Waals surface area contributed by atoms with E-state index in [4.69, 9.17) is 20.6 Å². The van der Waals surface area contributed by atoms with Crippen LogP contribution in [0.2, 0.25) is 0 Å². The number of aliphatic carboxylic acids is 1. The molecule has 2 heterocycles. The molecule has 214 valence electrons. The van der Waals surface area contributed by atoms with E-state index < -0.39 is 29.8 Å². The van der Waals surface area contributed by atoms with Crippen LogP contribution in [0.4, 0.5) is 18.0 Å². The van der Waals surface area contributed by atoms with Crippen LogP contribution in [-0.2, 0) is 23.3 Å². The van der Waals surface area contributed by atoms with Crippen molar-refractivity contribution in [3.63, 3.8) is 0 Å². The highest BCUT2D eigenvalue weighted by Crippen LogP contribution is 2.36. The van der Waals surface area contributed by atoms with Crippen molar-refractivity contribution in [1.82, 2.24) is 14.8 Å². The molecule has 1 aromatic heterocycles. The molecule has 1 saturated heterocycles. The van der Waals surface area contributed by atoms with Crippen molar-refractivity contribution >= 4 is 35.1 Å². The molecule has 40 heavy (non-hydrogen) atoms. The summed E-state index contributed by atoms with van der Waals surface area (Å²) < 4.78 is 44.7. The Balaban J connectivity index is 1.53. The van der Waals surface area contributed by atoms with Crippen LogP contribution in [0.3, 0.4) is 0 Å². The largest absolute Gasteiger partial charge is 0.479 e. The summed E-state index contributed by atoms with van der Waals surface area (Å²) in [6, 6.07) is 10.1. The SMILES string of the molecule is Cc1cc(SCc2sc(-c3ccc(C(F)(F)F)cc3)nc2CN2CCN(C(N)=O)CC2)ccc1OC(C)C(=O)O. The van der Waals surface area contributed by atoms with E-state index in [0.717, 1.165) is 33.2 Å². The number of alkyl halides is 3. The lowest BCUT2D eigenvalue weighted by atomic mass is 10.1. The van der Waals surface area contributed by atoms with Crippen LogP contribution in [0, 0.1) is 6.92 Å².